The Kier molecular flexibility index (Phi) is 4.27. The molecule has 3 rings (SSSR count). The molecule has 2 unspecified atom stereocenters. The van der Waals surface area contributed by atoms with Gasteiger partial charge in [-0.25, -0.2) is 4.39 Å². The molecule has 3 heterocycles. The number of nitrogens with zero attached hydrogens (tertiary/aromatic N) is 2. The number of halogens is 1. The second-order valence-electron chi connectivity index (χ2n) is 6.11. The summed E-state index contributed by atoms with van der Waals surface area (Å²) in [6.07, 6.45) is 1.64. The Bertz CT molecular complexity index is 829. The number of nitrogens with two attached hydrogens (primary N) is 1. The summed E-state index contributed by atoms with van der Waals surface area (Å²) in [5.41, 5.74) is 5.04. The number of H-pyrrole nitrogens is 1. The maximum atomic E-state index is 14.0. The van der Waals surface area contributed by atoms with Gasteiger partial charge in [-0.15, -0.1) is 0 Å². The Morgan fingerprint density at radius 2 is 2.33 bits per heavy atom. The molecule has 0 bridgehead atoms. The predicted octanol–water partition coefficient (Wildman–Crippen LogP) is 1.32. The van der Waals surface area contributed by atoms with Crippen LogP contribution in [0.1, 0.15) is 32.9 Å². The Morgan fingerprint density at radius 3 is 3.04 bits per heavy atom. The summed E-state index contributed by atoms with van der Waals surface area (Å²) in [5, 5.41) is -0.150. The standard InChI is InChI=1S/C15H19FN4O4/c1-7(2)14(22)23-6-8-3-4-10(24-8)20-5-9(16)11-12(20)18-15(17)19-13(11)21/h5,7-8,10H,3-4,6H2,1-2H3,(H3,17,18,19,21). The summed E-state index contributed by atoms with van der Waals surface area (Å²) in [5.74, 6) is -1.27. The van der Waals surface area contributed by atoms with E-state index >= 15 is 0 Å². The van der Waals surface area contributed by atoms with Gasteiger partial charge in [0.15, 0.2) is 11.5 Å². The molecular formula is C15H19FN4O4. The lowest BCUT2D eigenvalue weighted by Crippen LogP contribution is -2.21. The number of aromatic amines is 1. The van der Waals surface area contributed by atoms with Gasteiger partial charge in [0.1, 0.15) is 18.2 Å². The minimum atomic E-state index is -0.683. The van der Waals surface area contributed by atoms with Crippen molar-refractivity contribution in [2.75, 3.05) is 12.3 Å². The molecule has 130 valence electrons. The molecule has 0 aliphatic carbocycles. The van der Waals surface area contributed by atoms with Crippen molar-refractivity contribution < 1.29 is 18.7 Å². The molecule has 9 heteroatoms. The second-order valence-corrected chi connectivity index (χ2v) is 6.11. The number of rotatable bonds is 4. The normalized spacial score (nSPS) is 20.8. The molecule has 1 aliphatic heterocycles. The first-order valence-electron chi connectivity index (χ1n) is 7.74. The molecule has 1 saturated heterocycles. The number of carbonyl (C=O) groups excluding carboxylic acids is 1. The first kappa shape index (κ1) is 16.4. The first-order chi connectivity index (χ1) is 11.4. The lowest BCUT2D eigenvalue weighted by atomic mass is 10.2. The molecule has 2 aromatic rings. The lowest BCUT2D eigenvalue weighted by Gasteiger charge is -2.16. The van der Waals surface area contributed by atoms with Gasteiger partial charge < -0.3 is 19.8 Å². The van der Waals surface area contributed by atoms with Crippen LogP contribution < -0.4 is 11.3 Å². The number of esters is 1. The molecule has 0 aromatic carbocycles. The van der Waals surface area contributed by atoms with E-state index in [-0.39, 0.29) is 41.6 Å². The number of anilines is 1. The summed E-state index contributed by atoms with van der Waals surface area (Å²) >= 11 is 0. The van der Waals surface area contributed by atoms with Crippen LogP contribution in [0.2, 0.25) is 0 Å². The fourth-order valence-electron chi connectivity index (χ4n) is 2.70. The maximum Gasteiger partial charge on any atom is 0.308 e. The average molecular weight is 338 g/mol. The zero-order valence-corrected chi connectivity index (χ0v) is 13.4. The van der Waals surface area contributed by atoms with Crippen LogP contribution in [-0.4, -0.2) is 33.2 Å². The smallest absolute Gasteiger partial charge is 0.308 e. The highest BCUT2D eigenvalue weighted by molar-refractivity contribution is 5.77. The van der Waals surface area contributed by atoms with Crippen molar-refractivity contribution in [1.29, 1.82) is 0 Å². The highest BCUT2D eigenvalue weighted by Crippen LogP contribution is 2.31. The lowest BCUT2D eigenvalue weighted by molar-refractivity contribution is -0.152. The molecule has 0 spiro atoms. The Labute approximate surface area is 136 Å². The van der Waals surface area contributed by atoms with Gasteiger partial charge in [0.05, 0.1) is 12.0 Å². The zero-order valence-electron chi connectivity index (χ0n) is 13.4. The predicted molar refractivity (Wildman–Crippen MR) is 83.7 cm³/mol. The number of aromatic nitrogens is 3. The fourth-order valence-corrected chi connectivity index (χ4v) is 2.70. The average Bonchev–Trinajstić information content (AvgIpc) is 3.09. The van der Waals surface area contributed by atoms with Gasteiger partial charge in [0.25, 0.3) is 5.56 Å². The van der Waals surface area contributed by atoms with E-state index < -0.39 is 17.6 Å². The van der Waals surface area contributed by atoms with Gasteiger partial charge in [-0.2, -0.15) is 4.98 Å². The molecule has 3 N–H and O–H groups in total. The van der Waals surface area contributed by atoms with E-state index in [1.165, 1.54) is 10.8 Å². The molecule has 2 aromatic heterocycles. The Morgan fingerprint density at radius 1 is 1.58 bits per heavy atom. The van der Waals surface area contributed by atoms with Crippen molar-refractivity contribution in [1.82, 2.24) is 14.5 Å². The SMILES string of the molecule is CC(C)C(=O)OCC1CCC(n2cc(F)c3c(=O)[nH]c(N)nc32)O1. The van der Waals surface area contributed by atoms with E-state index in [2.05, 4.69) is 9.97 Å². The van der Waals surface area contributed by atoms with Crippen molar-refractivity contribution in [3.05, 3.63) is 22.4 Å². The van der Waals surface area contributed by atoms with Crippen LogP contribution in [0.25, 0.3) is 11.0 Å². The Balaban J connectivity index is 1.78. The highest BCUT2D eigenvalue weighted by atomic mass is 19.1. The minimum Gasteiger partial charge on any atom is -0.463 e. The van der Waals surface area contributed by atoms with E-state index in [0.717, 1.165) is 0 Å². The highest BCUT2D eigenvalue weighted by Gasteiger charge is 2.30. The molecular weight excluding hydrogens is 319 g/mol. The van der Waals surface area contributed by atoms with Crippen LogP contribution in [-0.2, 0) is 14.3 Å². The third-order valence-electron chi connectivity index (χ3n) is 3.93. The van der Waals surface area contributed by atoms with Gasteiger partial charge in [-0.3, -0.25) is 14.6 Å². The summed E-state index contributed by atoms with van der Waals surface area (Å²) in [7, 11) is 0. The van der Waals surface area contributed by atoms with E-state index in [1.54, 1.807) is 13.8 Å². The van der Waals surface area contributed by atoms with Crippen molar-refractivity contribution in [2.45, 2.75) is 39.0 Å². The monoisotopic (exact) mass is 338 g/mol. The third kappa shape index (κ3) is 2.99. The van der Waals surface area contributed by atoms with Gasteiger partial charge in [-0.05, 0) is 12.8 Å². The maximum absolute atomic E-state index is 14.0. The zero-order chi connectivity index (χ0) is 17.4. The number of hydrogen-bond donors (Lipinski definition) is 2. The molecule has 0 amide bonds. The number of carbonyl (C=O) groups is 1. The van der Waals surface area contributed by atoms with Gasteiger partial charge in [0, 0.05) is 6.20 Å². The number of nitrogen functional groups attached to an aromatic ring is 1. The summed E-state index contributed by atoms with van der Waals surface area (Å²) in [4.78, 5) is 29.6. The molecule has 0 saturated carbocycles. The first-order valence-corrected chi connectivity index (χ1v) is 7.74. The molecule has 1 fully saturated rings. The number of fused-ring (bicyclic) bond motifs is 1. The Hall–Kier alpha value is -2.42. The summed E-state index contributed by atoms with van der Waals surface area (Å²) < 4.78 is 26.5. The van der Waals surface area contributed by atoms with Crippen LogP contribution in [0.5, 0.6) is 0 Å². The molecule has 24 heavy (non-hydrogen) atoms. The quantitative estimate of drug-likeness (QED) is 0.813. The van der Waals surface area contributed by atoms with Crippen molar-refractivity contribution in [3.63, 3.8) is 0 Å². The van der Waals surface area contributed by atoms with E-state index in [1.807, 2.05) is 0 Å². The largest absolute Gasteiger partial charge is 0.463 e. The van der Waals surface area contributed by atoms with Crippen LogP contribution in [0.3, 0.4) is 0 Å². The van der Waals surface area contributed by atoms with Crippen LogP contribution in [0.15, 0.2) is 11.0 Å². The van der Waals surface area contributed by atoms with Crippen molar-refractivity contribution in [3.8, 4) is 0 Å². The van der Waals surface area contributed by atoms with Crippen LogP contribution in [0.4, 0.5) is 10.3 Å². The number of ether oxygens (including phenoxy) is 2. The van der Waals surface area contributed by atoms with Crippen LogP contribution in [0, 0.1) is 11.7 Å². The van der Waals surface area contributed by atoms with Gasteiger partial charge in [0.2, 0.25) is 5.95 Å². The molecule has 0 radical (unpaired) electrons. The number of nitrogens with one attached hydrogen (secondary N) is 1. The topological polar surface area (TPSA) is 112 Å². The second kappa shape index (κ2) is 6.23. The third-order valence-corrected chi connectivity index (χ3v) is 3.93. The fraction of sp³-hybridized carbons (Fsp3) is 0.533. The van der Waals surface area contributed by atoms with Crippen molar-refractivity contribution >= 4 is 23.0 Å². The van der Waals surface area contributed by atoms with E-state index in [4.69, 9.17) is 15.2 Å². The van der Waals surface area contributed by atoms with Gasteiger partial charge in [-0.1, -0.05) is 13.8 Å². The van der Waals surface area contributed by atoms with Crippen molar-refractivity contribution in [2.24, 2.45) is 5.92 Å². The minimum absolute atomic E-state index is 0.0905. The molecule has 8 nitrogen and oxygen atoms in total. The summed E-state index contributed by atoms with van der Waals surface area (Å²) in [6, 6.07) is 0. The summed E-state index contributed by atoms with van der Waals surface area (Å²) in [6.45, 7) is 3.65. The number of hydrogen-bond acceptors (Lipinski definition) is 6. The van der Waals surface area contributed by atoms with Crippen LogP contribution >= 0.6 is 0 Å². The van der Waals surface area contributed by atoms with Gasteiger partial charge >= 0.3 is 5.97 Å². The molecule has 1 aliphatic rings. The van der Waals surface area contributed by atoms with E-state index in [0.29, 0.717) is 12.8 Å². The van der Waals surface area contributed by atoms with E-state index in [9.17, 15) is 14.0 Å². The molecule has 2 atom stereocenters.